The van der Waals surface area contributed by atoms with E-state index in [9.17, 15) is 0 Å². The third-order valence-electron chi connectivity index (χ3n) is 3.48. The maximum Gasteiger partial charge on any atom is 0.208 e. The number of morpholine rings is 1. The highest BCUT2D eigenvalue weighted by molar-refractivity contribution is 5.05. The normalized spacial score (nSPS) is 20.4. The summed E-state index contributed by atoms with van der Waals surface area (Å²) in [5.41, 5.74) is 0.953. The monoisotopic (exact) mass is 277 g/mol. The van der Waals surface area contributed by atoms with Crippen molar-refractivity contribution in [2.75, 3.05) is 19.7 Å². The highest BCUT2D eigenvalue weighted by Gasteiger charge is 2.26. The third-order valence-corrected chi connectivity index (χ3v) is 3.48. The Morgan fingerprint density at radius 1 is 1.30 bits per heavy atom. The molecule has 0 radical (unpaired) electrons. The molecule has 0 saturated carbocycles. The molecule has 0 aliphatic carbocycles. The van der Waals surface area contributed by atoms with Crippen molar-refractivity contribution >= 4 is 0 Å². The van der Waals surface area contributed by atoms with E-state index in [2.05, 4.69) is 25.1 Å². The Hall–Kier alpha value is -1.73. The van der Waals surface area contributed by atoms with E-state index >= 15 is 0 Å². The molecule has 1 unspecified atom stereocenters. The van der Waals surface area contributed by atoms with Crippen LogP contribution >= 0.6 is 0 Å². The summed E-state index contributed by atoms with van der Waals surface area (Å²) in [6, 6.07) is 0. The molecule has 1 fully saturated rings. The predicted molar refractivity (Wildman–Crippen MR) is 71.1 cm³/mol. The summed E-state index contributed by atoms with van der Waals surface area (Å²) in [5, 5.41) is 7.02. The van der Waals surface area contributed by atoms with Crippen LogP contribution in [0.15, 0.2) is 4.42 Å². The van der Waals surface area contributed by atoms with Crippen molar-refractivity contribution in [3.63, 3.8) is 0 Å². The Morgan fingerprint density at radius 3 is 2.80 bits per heavy atom. The maximum absolute atomic E-state index is 5.74. The zero-order valence-corrected chi connectivity index (χ0v) is 12.0. The van der Waals surface area contributed by atoms with Gasteiger partial charge in [0.05, 0.1) is 18.8 Å². The Kier molecular flexibility index (Phi) is 3.54. The molecule has 1 atom stereocenters. The molecule has 2 aromatic heterocycles. The van der Waals surface area contributed by atoms with Crippen LogP contribution in [0.3, 0.4) is 0 Å². The fourth-order valence-electron chi connectivity index (χ4n) is 2.30. The third kappa shape index (κ3) is 2.73. The van der Waals surface area contributed by atoms with E-state index in [-0.39, 0.29) is 6.10 Å². The first-order valence-corrected chi connectivity index (χ1v) is 6.77. The second-order valence-electron chi connectivity index (χ2n) is 5.12. The Morgan fingerprint density at radius 2 is 2.15 bits per heavy atom. The number of hydrogen-bond acceptors (Lipinski definition) is 6. The number of ether oxygens (including phenoxy) is 1. The van der Waals surface area contributed by atoms with Crippen LogP contribution in [0, 0.1) is 20.8 Å². The van der Waals surface area contributed by atoms with E-state index in [1.807, 2.05) is 20.8 Å². The van der Waals surface area contributed by atoms with Crippen LogP contribution < -0.4 is 0 Å². The van der Waals surface area contributed by atoms with E-state index < -0.39 is 0 Å². The number of oxazole rings is 1. The van der Waals surface area contributed by atoms with Gasteiger partial charge in [0.25, 0.3) is 0 Å². The van der Waals surface area contributed by atoms with Crippen molar-refractivity contribution in [3.05, 3.63) is 29.0 Å². The van der Waals surface area contributed by atoms with Crippen molar-refractivity contribution < 1.29 is 9.15 Å². The van der Waals surface area contributed by atoms with Crippen LogP contribution in [0.5, 0.6) is 0 Å². The Balaban J connectivity index is 1.66. The first-order chi connectivity index (χ1) is 9.61. The molecule has 1 aliphatic heterocycles. The minimum Gasteiger partial charge on any atom is -0.444 e. The first-order valence-electron chi connectivity index (χ1n) is 6.77. The van der Waals surface area contributed by atoms with Gasteiger partial charge in [-0.05, 0) is 20.8 Å². The van der Waals surface area contributed by atoms with Gasteiger partial charge in [-0.1, -0.05) is 0 Å². The van der Waals surface area contributed by atoms with E-state index in [1.165, 1.54) is 0 Å². The van der Waals surface area contributed by atoms with Crippen molar-refractivity contribution in [2.45, 2.75) is 33.4 Å². The van der Waals surface area contributed by atoms with Crippen LogP contribution in [0.2, 0.25) is 0 Å². The lowest BCUT2D eigenvalue weighted by Gasteiger charge is -2.30. The topological polar surface area (TPSA) is 80.1 Å². The van der Waals surface area contributed by atoms with E-state index in [4.69, 9.17) is 9.15 Å². The summed E-state index contributed by atoms with van der Waals surface area (Å²) in [4.78, 5) is 11.0. The number of H-pyrrole nitrogens is 1. The quantitative estimate of drug-likeness (QED) is 0.910. The lowest BCUT2D eigenvalue weighted by Crippen LogP contribution is -2.38. The zero-order chi connectivity index (χ0) is 14.1. The molecule has 1 aliphatic rings. The molecule has 0 aromatic carbocycles. The van der Waals surface area contributed by atoms with Gasteiger partial charge < -0.3 is 9.15 Å². The highest BCUT2D eigenvalue weighted by Crippen LogP contribution is 2.21. The number of hydrogen-bond donors (Lipinski definition) is 1. The van der Waals surface area contributed by atoms with Crippen LogP contribution in [0.1, 0.15) is 35.1 Å². The van der Waals surface area contributed by atoms with Gasteiger partial charge in [-0.15, -0.1) is 0 Å². The number of rotatable bonds is 3. The largest absolute Gasteiger partial charge is 0.444 e. The smallest absolute Gasteiger partial charge is 0.208 e. The fourth-order valence-corrected chi connectivity index (χ4v) is 2.30. The van der Waals surface area contributed by atoms with Crippen molar-refractivity contribution in [1.82, 2.24) is 25.1 Å². The highest BCUT2D eigenvalue weighted by atomic mass is 16.5. The lowest BCUT2D eigenvalue weighted by atomic mass is 10.2. The van der Waals surface area contributed by atoms with Gasteiger partial charge in [0.2, 0.25) is 5.89 Å². The summed E-state index contributed by atoms with van der Waals surface area (Å²) in [7, 11) is 0. The molecular weight excluding hydrogens is 258 g/mol. The van der Waals surface area contributed by atoms with Gasteiger partial charge in [-0.25, -0.2) is 9.97 Å². The van der Waals surface area contributed by atoms with Gasteiger partial charge in [0.1, 0.15) is 17.7 Å². The summed E-state index contributed by atoms with van der Waals surface area (Å²) >= 11 is 0. The van der Waals surface area contributed by atoms with Gasteiger partial charge in [-0.3, -0.25) is 10.00 Å². The molecule has 2 aromatic rings. The second-order valence-corrected chi connectivity index (χ2v) is 5.12. The standard InChI is InChI=1S/C13H19N5O2/c1-8-9(2)20-12(14-8)7-18-4-5-19-11(6-18)13-15-10(3)16-17-13/h11H,4-7H2,1-3H3,(H,15,16,17). The average Bonchev–Trinajstić information content (AvgIpc) is 2.97. The molecule has 108 valence electrons. The van der Waals surface area contributed by atoms with E-state index in [0.717, 1.165) is 36.3 Å². The molecule has 0 amide bonds. The number of aromatic nitrogens is 4. The number of aromatic amines is 1. The Labute approximate surface area is 117 Å². The first kappa shape index (κ1) is 13.3. The Bertz CT molecular complexity index is 572. The summed E-state index contributed by atoms with van der Waals surface area (Å²) in [6.07, 6.45) is -0.0918. The van der Waals surface area contributed by atoms with Crippen molar-refractivity contribution in [1.29, 1.82) is 0 Å². The van der Waals surface area contributed by atoms with Crippen LogP contribution in [-0.2, 0) is 11.3 Å². The minimum atomic E-state index is -0.0918. The van der Waals surface area contributed by atoms with Crippen LogP contribution in [-0.4, -0.2) is 44.8 Å². The minimum absolute atomic E-state index is 0.0918. The summed E-state index contributed by atoms with van der Waals surface area (Å²) in [6.45, 7) is 8.74. The van der Waals surface area contributed by atoms with Crippen molar-refractivity contribution in [2.24, 2.45) is 0 Å². The molecule has 7 heteroatoms. The van der Waals surface area contributed by atoms with Crippen LogP contribution in [0.25, 0.3) is 0 Å². The van der Waals surface area contributed by atoms with Gasteiger partial charge >= 0.3 is 0 Å². The van der Waals surface area contributed by atoms with Gasteiger partial charge in [0, 0.05) is 13.1 Å². The molecule has 0 spiro atoms. The fraction of sp³-hybridized carbons (Fsp3) is 0.615. The second kappa shape index (κ2) is 5.34. The number of nitrogens with zero attached hydrogens (tertiary/aromatic N) is 4. The zero-order valence-electron chi connectivity index (χ0n) is 12.0. The molecule has 0 bridgehead atoms. The molecule has 3 rings (SSSR count). The average molecular weight is 277 g/mol. The van der Waals surface area contributed by atoms with E-state index in [0.29, 0.717) is 19.0 Å². The van der Waals surface area contributed by atoms with Crippen LogP contribution in [0.4, 0.5) is 0 Å². The van der Waals surface area contributed by atoms with Gasteiger partial charge in [0.15, 0.2) is 5.82 Å². The SMILES string of the molecule is Cc1nc(C2CN(Cc3nc(C)c(C)o3)CCO2)n[nH]1. The maximum atomic E-state index is 5.74. The predicted octanol–water partition coefficient (Wildman–Crippen LogP) is 1.29. The van der Waals surface area contributed by atoms with Gasteiger partial charge in [-0.2, -0.15) is 5.10 Å². The molecule has 3 heterocycles. The molecule has 1 saturated heterocycles. The lowest BCUT2D eigenvalue weighted by molar-refractivity contribution is -0.0392. The molecule has 20 heavy (non-hydrogen) atoms. The summed E-state index contributed by atoms with van der Waals surface area (Å²) < 4.78 is 11.4. The number of aryl methyl sites for hydroxylation is 3. The summed E-state index contributed by atoms with van der Waals surface area (Å²) in [5.74, 6) is 3.16. The molecular formula is C13H19N5O2. The van der Waals surface area contributed by atoms with Crippen molar-refractivity contribution in [3.8, 4) is 0 Å². The van der Waals surface area contributed by atoms with E-state index in [1.54, 1.807) is 0 Å². The number of nitrogens with one attached hydrogen (secondary N) is 1. The molecule has 1 N–H and O–H groups in total. The molecule has 7 nitrogen and oxygen atoms in total.